The molecule has 0 aromatic heterocycles. The fourth-order valence-electron chi connectivity index (χ4n) is 2.90. The summed E-state index contributed by atoms with van der Waals surface area (Å²) in [4.78, 5) is 18.3. The van der Waals surface area contributed by atoms with Crippen LogP contribution in [-0.2, 0) is 26.0 Å². The summed E-state index contributed by atoms with van der Waals surface area (Å²) in [7, 11) is 2.30. The number of carbonyl (C=O) groups is 2. The van der Waals surface area contributed by atoms with E-state index in [1.54, 1.807) is 12.1 Å². The van der Waals surface area contributed by atoms with Crippen LogP contribution in [-0.4, -0.2) is 82.4 Å². The second kappa shape index (κ2) is 14.2. The number of ether oxygens (including phenoxy) is 3. The maximum Gasteiger partial charge on any atom is 0.414 e. The summed E-state index contributed by atoms with van der Waals surface area (Å²) < 4.78 is 55.6. The first-order valence-electron chi connectivity index (χ1n) is 10.6. The van der Waals surface area contributed by atoms with E-state index >= 15 is 0 Å². The third kappa shape index (κ3) is 9.32. The van der Waals surface area contributed by atoms with Gasteiger partial charge in [0.15, 0.2) is 11.5 Å². The Kier molecular flexibility index (Phi) is 12.1. The van der Waals surface area contributed by atoms with E-state index in [2.05, 4.69) is 5.32 Å². The molecule has 0 bridgehead atoms. The second-order valence-electron chi connectivity index (χ2n) is 7.59. The molecule has 0 spiro atoms. The van der Waals surface area contributed by atoms with Crippen LogP contribution in [0.2, 0.25) is 0 Å². The van der Waals surface area contributed by atoms with Gasteiger partial charge in [-0.15, -0.1) is 0 Å². The van der Waals surface area contributed by atoms with Gasteiger partial charge >= 0.3 is 11.9 Å². The monoisotopic (exact) mass is 530 g/mol. The summed E-state index contributed by atoms with van der Waals surface area (Å²) in [6, 6.07) is 9.33. The lowest BCUT2D eigenvalue weighted by molar-refractivity contribution is -0.159. The van der Waals surface area contributed by atoms with Crippen molar-refractivity contribution in [1.82, 2.24) is 9.62 Å². The molecule has 13 heteroatoms. The number of carboxylic acids is 2. The Hall–Kier alpha value is -3.42. The van der Waals surface area contributed by atoms with Crippen LogP contribution in [0.4, 0.5) is 4.39 Å². The van der Waals surface area contributed by atoms with Crippen LogP contribution in [0.5, 0.6) is 17.2 Å². The lowest BCUT2D eigenvalue weighted by Crippen LogP contribution is -2.32. The highest BCUT2D eigenvalue weighted by Crippen LogP contribution is 2.28. The molecule has 0 amide bonds. The quantitative estimate of drug-likeness (QED) is 0.290. The number of methoxy groups -OCH3 is 2. The highest BCUT2D eigenvalue weighted by Gasteiger charge is 2.23. The van der Waals surface area contributed by atoms with E-state index in [9.17, 15) is 12.8 Å². The summed E-state index contributed by atoms with van der Waals surface area (Å²) in [5.41, 5.74) is 0.865. The van der Waals surface area contributed by atoms with Gasteiger partial charge in [0.25, 0.3) is 0 Å². The van der Waals surface area contributed by atoms with Crippen molar-refractivity contribution in [1.29, 1.82) is 0 Å². The maximum atomic E-state index is 13.4. The molecule has 1 unspecified atom stereocenters. The number of aliphatic carboxylic acids is 2. The molecule has 0 fully saturated rings. The van der Waals surface area contributed by atoms with Gasteiger partial charge in [0.05, 0.1) is 14.2 Å². The molecule has 0 aliphatic rings. The number of rotatable bonds is 11. The molecular weight excluding hydrogens is 499 g/mol. The SMILES string of the molecule is COc1ccc(F)cc1OCCNC(C)Cc1ccc(OC)c(S(=O)(=O)N(C)C)c1.O=C(O)C(=O)O. The zero-order chi connectivity index (χ0) is 27.5. The Morgan fingerprint density at radius 2 is 1.58 bits per heavy atom. The smallest absolute Gasteiger partial charge is 0.414 e. The van der Waals surface area contributed by atoms with Gasteiger partial charge in [-0.2, -0.15) is 0 Å². The Bertz CT molecular complexity index is 1130. The van der Waals surface area contributed by atoms with Gasteiger partial charge in [-0.05, 0) is 43.2 Å². The van der Waals surface area contributed by atoms with Crippen molar-refractivity contribution in [2.45, 2.75) is 24.3 Å². The molecule has 0 aliphatic heterocycles. The highest BCUT2D eigenvalue weighted by molar-refractivity contribution is 7.89. The predicted octanol–water partition coefficient (Wildman–Crippen LogP) is 1.85. The van der Waals surface area contributed by atoms with Crippen molar-refractivity contribution >= 4 is 22.0 Å². The van der Waals surface area contributed by atoms with Crippen molar-refractivity contribution in [2.75, 3.05) is 41.5 Å². The second-order valence-corrected chi connectivity index (χ2v) is 9.71. The van der Waals surface area contributed by atoms with E-state index in [1.807, 2.05) is 13.0 Å². The third-order valence-electron chi connectivity index (χ3n) is 4.69. The lowest BCUT2D eigenvalue weighted by atomic mass is 10.1. The normalized spacial score (nSPS) is 11.8. The standard InChI is InChI=1S/C21H29FN2O5S.C2H2O4/c1-15(23-10-11-29-20-14-17(22)7-9-18(20)27-4)12-16-6-8-19(28-5)21(13-16)30(25,26)24(2)3;3-1(4)2(5)6/h6-9,13-15,23H,10-12H2,1-5H3;(H,3,4)(H,5,6). The first kappa shape index (κ1) is 30.6. The minimum absolute atomic E-state index is 0.0614. The van der Waals surface area contributed by atoms with E-state index in [4.69, 9.17) is 34.0 Å². The average Bonchev–Trinajstić information content (AvgIpc) is 2.82. The molecule has 200 valence electrons. The number of hydrogen-bond donors (Lipinski definition) is 3. The van der Waals surface area contributed by atoms with E-state index in [-0.39, 0.29) is 10.9 Å². The molecule has 0 saturated heterocycles. The molecular formula is C23H31FN2O9S. The summed E-state index contributed by atoms with van der Waals surface area (Å²) in [5.74, 6) is -2.91. The summed E-state index contributed by atoms with van der Waals surface area (Å²) in [6.45, 7) is 2.85. The van der Waals surface area contributed by atoms with Crippen LogP contribution in [0.3, 0.4) is 0 Å². The van der Waals surface area contributed by atoms with Gasteiger partial charge in [0.1, 0.15) is 23.1 Å². The third-order valence-corrected chi connectivity index (χ3v) is 6.53. The molecule has 0 heterocycles. The minimum atomic E-state index is -3.61. The predicted molar refractivity (Wildman–Crippen MR) is 129 cm³/mol. The van der Waals surface area contributed by atoms with E-state index in [1.165, 1.54) is 46.5 Å². The molecule has 11 nitrogen and oxygen atoms in total. The number of nitrogens with zero attached hydrogens (tertiary/aromatic N) is 1. The molecule has 36 heavy (non-hydrogen) atoms. The van der Waals surface area contributed by atoms with Crippen LogP contribution < -0.4 is 19.5 Å². The first-order chi connectivity index (χ1) is 16.8. The zero-order valence-electron chi connectivity index (χ0n) is 20.6. The van der Waals surface area contributed by atoms with Gasteiger partial charge in [0.2, 0.25) is 10.0 Å². The maximum absolute atomic E-state index is 13.4. The Morgan fingerprint density at radius 3 is 2.11 bits per heavy atom. The van der Waals surface area contributed by atoms with E-state index < -0.39 is 27.8 Å². The van der Waals surface area contributed by atoms with Crippen molar-refractivity contribution in [3.8, 4) is 17.2 Å². The molecule has 0 saturated carbocycles. The Balaban J connectivity index is 0.000000960. The van der Waals surface area contributed by atoms with Gasteiger partial charge in [-0.1, -0.05) is 6.07 Å². The molecule has 0 aliphatic carbocycles. The topological polar surface area (TPSA) is 152 Å². The minimum Gasteiger partial charge on any atom is -0.495 e. The van der Waals surface area contributed by atoms with Crippen LogP contribution in [0, 0.1) is 5.82 Å². The van der Waals surface area contributed by atoms with Gasteiger partial charge in [-0.3, -0.25) is 0 Å². The van der Waals surface area contributed by atoms with Gasteiger partial charge < -0.3 is 29.7 Å². The van der Waals surface area contributed by atoms with Crippen molar-refractivity contribution in [3.05, 3.63) is 47.8 Å². The number of sulfonamides is 1. The lowest BCUT2D eigenvalue weighted by Gasteiger charge is -2.18. The average molecular weight is 531 g/mol. The summed E-state index contributed by atoms with van der Waals surface area (Å²) >= 11 is 0. The van der Waals surface area contributed by atoms with Crippen molar-refractivity contribution in [3.63, 3.8) is 0 Å². The first-order valence-corrected chi connectivity index (χ1v) is 12.0. The number of hydrogen-bond acceptors (Lipinski definition) is 8. The van der Waals surface area contributed by atoms with Gasteiger partial charge in [-0.25, -0.2) is 26.7 Å². The number of halogens is 1. The van der Waals surface area contributed by atoms with Crippen molar-refractivity contribution < 1.29 is 46.8 Å². The van der Waals surface area contributed by atoms with Crippen LogP contribution in [0.15, 0.2) is 41.3 Å². The number of carboxylic acid groups (broad SMARTS) is 2. The molecule has 2 aromatic carbocycles. The highest BCUT2D eigenvalue weighted by atomic mass is 32.2. The van der Waals surface area contributed by atoms with E-state index in [0.29, 0.717) is 36.8 Å². The van der Waals surface area contributed by atoms with Crippen LogP contribution in [0.25, 0.3) is 0 Å². The Labute approximate surface area is 209 Å². The fraction of sp³-hybridized carbons (Fsp3) is 0.391. The van der Waals surface area contributed by atoms with E-state index in [0.717, 1.165) is 9.87 Å². The van der Waals surface area contributed by atoms with Crippen LogP contribution >= 0.6 is 0 Å². The Morgan fingerprint density at radius 1 is 1.00 bits per heavy atom. The van der Waals surface area contributed by atoms with Gasteiger partial charge in [0, 0.05) is 32.7 Å². The molecule has 2 aromatic rings. The summed E-state index contributed by atoms with van der Waals surface area (Å²) in [5, 5.41) is 18.1. The number of nitrogens with one attached hydrogen (secondary N) is 1. The molecule has 1 atom stereocenters. The zero-order valence-corrected chi connectivity index (χ0v) is 21.5. The number of benzene rings is 2. The largest absolute Gasteiger partial charge is 0.495 e. The summed E-state index contributed by atoms with van der Waals surface area (Å²) in [6.07, 6.45) is 0.614. The molecule has 2 rings (SSSR count). The molecule has 3 N–H and O–H groups in total. The van der Waals surface area contributed by atoms with Crippen molar-refractivity contribution in [2.24, 2.45) is 0 Å². The fourth-order valence-corrected chi connectivity index (χ4v) is 4.00. The van der Waals surface area contributed by atoms with Crippen LogP contribution in [0.1, 0.15) is 12.5 Å². The molecule has 0 radical (unpaired) electrons.